The number of carbonyl (C=O) groups excluding carboxylic acids is 1. The van der Waals surface area contributed by atoms with Crippen molar-refractivity contribution in [1.29, 1.82) is 0 Å². The summed E-state index contributed by atoms with van der Waals surface area (Å²) in [6, 6.07) is 3.19. The summed E-state index contributed by atoms with van der Waals surface area (Å²) >= 11 is 4.88. The summed E-state index contributed by atoms with van der Waals surface area (Å²) in [5.41, 5.74) is 0.272. The van der Waals surface area contributed by atoms with E-state index < -0.39 is 5.97 Å². The first-order chi connectivity index (χ1) is 8.69. The van der Waals surface area contributed by atoms with Crippen molar-refractivity contribution < 1.29 is 19.4 Å². The van der Waals surface area contributed by atoms with E-state index in [9.17, 15) is 4.79 Å². The number of thiocarbonyl (C=S) groups is 1. The van der Waals surface area contributed by atoms with Gasteiger partial charge in [-0.2, -0.15) is 0 Å². The predicted molar refractivity (Wildman–Crippen MR) is 69.5 cm³/mol. The zero-order chi connectivity index (χ0) is 13.4. The molecule has 6 nitrogen and oxygen atoms in total. The third-order valence-corrected chi connectivity index (χ3v) is 2.07. The number of hydrogen-bond donors (Lipinski definition) is 2. The average molecular weight is 270 g/mol. The van der Waals surface area contributed by atoms with Gasteiger partial charge in [0.1, 0.15) is 18.0 Å². The van der Waals surface area contributed by atoms with Gasteiger partial charge in [0.05, 0.1) is 13.2 Å². The zero-order valence-corrected chi connectivity index (χ0v) is 10.7. The lowest BCUT2D eigenvalue weighted by atomic mass is 10.2. The van der Waals surface area contributed by atoms with Gasteiger partial charge in [-0.05, 0) is 31.3 Å². The molecule has 1 aromatic heterocycles. The molecule has 0 unspecified atom stereocenters. The Hall–Kier alpha value is -1.73. The highest BCUT2D eigenvalue weighted by atomic mass is 32.1. The van der Waals surface area contributed by atoms with Gasteiger partial charge in [0.25, 0.3) is 5.17 Å². The molecule has 0 aliphatic rings. The molecular formula is C11H14N2O4S. The lowest BCUT2D eigenvalue weighted by molar-refractivity contribution is 0.0527. The van der Waals surface area contributed by atoms with Gasteiger partial charge in [0.2, 0.25) is 0 Å². The van der Waals surface area contributed by atoms with Gasteiger partial charge < -0.3 is 19.9 Å². The molecule has 0 aliphatic carbocycles. The fourth-order valence-electron chi connectivity index (χ4n) is 1.15. The van der Waals surface area contributed by atoms with Crippen LogP contribution in [0.5, 0.6) is 0 Å². The first-order valence-electron chi connectivity index (χ1n) is 5.35. The number of carbonyl (C=O) groups is 1. The molecule has 0 aliphatic heterocycles. The fourth-order valence-corrected chi connectivity index (χ4v) is 1.33. The Balaban J connectivity index is 2.76. The van der Waals surface area contributed by atoms with Gasteiger partial charge in [-0.25, -0.2) is 9.78 Å². The van der Waals surface area contributed by atoms with Crippen LogP contribution in [0.25, 0.3) is 0 Å². The van der Waals surface area contributed by atoms with Crippen molar-refractivity contribution in [3.63, 3.8) is 0 Å². The minimum absolute atomic E-state index is 0.0355. The maximum Gasteiger partial charge on any atom is 0.341 e. The standard InChI is InChI=1S/C11H14N2O4S/c1-2-16-10(15)8-4-3-5-12-9(8)13-11(18)17-7-6-14/h3-5,14H,2,6-7H2,1H3,(H,12,13,18). The van der Waals surface area contributed by atoms with Crippen LogP contribution in [0, 0.1) is 0 Å². The minimum atomic E-state index is -0.488. The van der Waals surface area contributed by atoms with Crippen LogP contribution in [0.1, 0.15) is 17.3 Å². The predicted octanol–water partition coefficient (Wildman–Crippen LogP) is 0.964. The van der Waals surface area contributed by atoms with E-state index >= 15 is 0 Å². The summed E-state index contributed by atoms with van der Waals surface area (Å²) < 4.78 is 9.86. The summed E-state index contributed by atoms with van der Waals surface area (Å²) in [4.78, 5) is 15.6. The SMILES string of the molecule is CCOC(=O)c1cccnc1NC(=S)OCCO. The molecule has 18 heavy (non-hydrogen) atoms. The van der Waals surface area contributed by atoms with E-state index in [1.165, 1.54) is 6.20 Å². The van der Waals surface area contributed by atoms with E-state index in [-0.39, 0.29) is 36.4 Å². The van der Waals surface area contributed by atoms with Crippen molar-refractivity contribution in [2.45, 2.75) is 6.92 Å². The van der Waals surface area contributed by atoms with Gasteiger partial charge in [-0.1, -0.05) is 0 Å². The largest absolute Gasteiger partial charge is 0.468 e. The molecule has 1 aromatic rings. The Labute approximate surface area is 110 Å². The van der Waals surface area contributed by atoms with Gasteiger partial charge in [-0.15, -0.1) is 0 Å². The van der Waals surface area contributed by atoms with Crippen LogP contribution in [0.15, 0.2) is 18.3 Å². The monoisotopic (exact) mass is 270 g/mol. The van der Waals surface area contributed by atoms with Crippen LogP contribution in [0.2, 0.25) is 0 Å². The number of anilines is 1. The van der Waals surface area contributed by atoms with Crippen molar-refractivity contribution in [1.82, 2.24) is 4.98 Å². The molecule has 0 saturated heterocycles. The highest BCUT2D eigenvalue weighted by molar-refractivity contribution is 7.80. The number of hydrogen-bond acceptors (Lipinski definition) is 6. The Bertz CT molecular complexity index is 425. The molecule has 0 saturated carbocycles. The van der Waals surface area contributed by atoms with Crippen molar-refractivity contribution >= 4 is 29.2 Å². The number of rotatable bonds is 5. The lowest BCUT2D eigenvalue weighted by Crippen LogP contribution is -2.19. The topological polar surface area (TPSA) is 80.7 Å². The second kappa shape index (κ2) is 7.57. The second-order valence-electron chi connectivity index (χ2n) is 3.10. The first kappa shape index (κ1) is 14.3. The quantitative estimate of drug-likeness (QED) is 0.609. The van der Waals surface area contributed by atoms with Crippen LogP contribution in [0.4, 0.5) is 5.82 Å². The molecule has 0 radical (unpaired) electrons. The highest BCUT2D eigenvalue weighted by Crippen LogP contribution is 2.13. The maximum atomic E-state index is 11.6. The van der Waals surface area contributed by atoms with Crippen molar-refractivity contribution in [3.8, 4) is 0 Å². The third kappa shape index (κ3) is 4.27. The molecule has 98 valence electrons. The fraction of sp³-hybridized carbons (Fsp3) is 0.364. The number of pyridine rings is 1. The van der Waals surface area contributed by atoms with Crippen LogP contribution < -0.4 is 5.32 Å². The molecule has 0 aromatic carbocycles. The Morgan fingerprint density at radius 3 is 3.00 bits per heavy atom. The van der Waals surface area contributed by atoms with Crippen LogP contribution in [-0.2, 0) is 9.47 Å². The molecule has 2 N–H and O–H groups in total. The number of nitrogens with one attached hydrogen (secondary N) is 1. The molecule has 0 bridgehead atoms. The van der Waals surface area contributed by atoms with Gasteiger partial charge in [-0.3, -0.25) is 0 Å². The van der Waals surface area contributed by atoms with Crippen molar-refractivity contribution in [3.05, 3.63) is 23.9 Å². The number of aliphatic hydroxyl groups is 1. The minimum Gasteiger partial charge on any atom is -0.468 e. The van der Waals surface area contributed by atoms with Crippen LogP contribution in [-0.4, -0.2) is 41.1 Å². The summed E-state index contributed by atoms with van der Waals surface area (Å²) in [5.74, 6) is -0.225. The third-order valence-electron chi connectivity index (χ3n) is 1.85. The van der Waals surface area contributed by atoms with Gasteiger partial charge in [0.15, 0.2) is 0 Å². The second-order valence-corrected chi connectivity index (χ2v) is 3.48. The number of aromatic nitrogens is 1. The number of aliphatic hydroxyl groups excluding tert-OH is 1. The van der Waals surface area contributed by atoms with Crippen LogP contribution in [0.3, 0.4) is 0 Å². The van der Waals surface area contributed by atoms with Crippen molar-refractivity contribution in [2.24, 2.45) is 0 Å². The Morgan fingerprint density at radius 2 is 2.33 bits per heavy atom. The molecule has 1 heterocycles. The Morgan fingerprint density at radius 1 is 1.56 bits per heavy atom. The number of nitrogens with zero attached hydrogens (tertiary/aromatic N) is 1. The van der Waals surface area contributed by atoms with E-state index in [2.05, 4.69) is 10.3 Å². The van der Waals surface area contributed by atoms with E-state index in [0.717, 1.165) is 0 Å². The molecule has 0 atom stereocenters. The van der Waals surface area contributed by atoms with Crippen LogP contribution >= 0.6 is 12.2 Å². The summed E-state index contributed by atoms with van der Waals surface area (Å²) in [6.45, 7) is 1.93. The van der Waals surface area contributed by atoms with Crippen molar-refractivity contribution in [2.75, 3.05) is 25.1 Å². The molecule has 0 fully saturated rings. The van der Waals surface area contributed by atoms with E-state index in [4.69, 9.17) is 26.8 Å². The number of esters is 1. The molecule has 1 rings (SSSR count). The zero-order valence-electron chi connectivity index (χ0n) is 9.88. The maximum absolute atomic E-state index is 11.6. The first-order valence-corrected chi connectivity index (χ1v) is 5.76. The average Bonchev–Trinajstić information content (AvgIpc) is 2.37. The normalized spacial score (nSPS) is 9.67. The summed E-state index contributed by atoms with van der Waals surface area (Å²) in [7, 11) is 0. The molecular weight excluding hydrogens is 256 g/mol. The molecule has 7 heteroatoms. The summed E-state index contributed by atoms with van der Waals surface area (Å²) in [5, 5.41) is 11.3. The highest BCUT2D eigenvalue weighted by Gasteiger charge is 2.14. The van der Waals surface area contributed by atoms with E-state index in [0.29, 0.717) is 0 Å². The smallest absolute Gasteiger partial charge is 0.341 e. The number of ether oxygens (including phenoxy) is 2. The molecule has 0 amide bonds. The van der Waals surface area contributed by atoms with Gasteiger partial charge >= 0.3 is 5.97 Å². The molecule has 0 spiro atoms. The van der Waals surface area contributed by atoms with E-state index in [1.54, 1.807) is 19.1 Å². The van der Waals surface area contributed by atoms with Gasteiger partial charge in [0, 0.05) is 6.20 Å². The Kier molecular flexibility index (Phi) is 6.03. The van der Waals surface area contributed by atoms with E-state index in [1.807, 2.05) is 0 Å². The summed E-state index contributed by atoms with van der Waals surface area (Å²) in [6.07, 6.45) is 1.51. The lowest BCUT2D eigenvalue weighted by Gasteiger charge is -2.11.